The molecule has 1 saturated carbocycles. The van der Waals surface area contributed by atoms with Gasteiger partial charge in [0.1, 0.15) is 0 Å². The zero-order chi connectivity index (χ0) is 15.2. The largest absolute Gasteiger partial charge is 0.481 e. The van der Waals surface area contributed by atoms with Crippen LogP contribution in [0.2, 0.25) is 5.02 Å². The molecule has 21 heavy (non-hydrogen) atoms. The SMILES string of the molecule is O=C(O)CCCNC(=O)NC1CC(c2cccc(Cl)c2)C1. The maximum Gasteiger partial charge on any atom is 0.315 e. The van der Waals surface area contributed by atoms with Crippen LogP contribution < -0.4 is 10.6 Å². The van der Waals surface area contributed by atoms with Crippen molar-refractivity contribution in [2.45, 2.75) is 37.6 Å². The summed E-state index contributed by atoms with van der Waals surface area (Å²) >= 11 is 5.96. The van der Waals surface area contributed by atoms with E-state index in [0.29, 0.717) is 18.9 Å². The predicted molar refractivity (Wildman–Crippen MR) is 80.6 cm³/mol. The second kappa shape index (κ2) is 7.31. The molecule has 6 heteroatoms. The lowest BCUT2D eigenvalue weighted by atomic mass is 9.76. The van der Waals surface area contributed by atoms with E-state index >= 15 is 0 Å². The fraction of sp³-hybridized carbons (Fsp3) is 0.467. The Hall–Kier alpha value is -1.75. The summed E-state index contributed by atoms with van der Waals surface area (Å²) in [5, 5.41) is 14.8. The third-order valence-corrected chi connectivity index (χ3v) is 3.88. The van der Waals surface area contributed by atoms with Crippen LogP contribution in [0.3, 0.4) is 0 Å². The Bertz CT molecular complexity index is 515. The number of carbonyl (C=O) groups is 2. The molecule has 1 aromatic rings. The molecule has 5 nitrogen and oxygen atoms in total. The Morgan fingerprint density at radius 1 is 1.33 bits per heavy atom. The number of carboxylic acids is 1. The first-order chi connectivity index (χ1) is 10.0. The number of carboxylic acid groups (broad SMARTS) is 1. The fourth-order valence-electron chi connectivity index (χ4n) is 2.45. The minimum atomic E-state index is -0.847. The molecule has 0 aliphatic heterocycles. The van der Waals surface area contributed by atoms with Crippen LogP contribution in [0, 0.1) is 0 Å². The number of urea groups is 1. The highest BCUT2D eigenvalue weighted by Crippen LogP contribution is 2.37. The van der Waals surface area contributed by atoms with E-state index in [1.165, 1.54) is 5.56 Å². The average Bonchev–Trinajstić information content (AvgIpc) is 2.38. The van der Waals surface area contributed by atoms with Crippen LogP contribution in [0.5, 0.6) is 0 Å². The number of carbonyl (C=O) groups excluding carboxylic acids is 1. The number of amides is 2. The van der Waals surface area contributed by atoms with Crippen molar-refractivity contribution < 1.29 is 14.7 Å². The molecule has 1 aromatic carbocycles. The zero-order valence-electron chi connectivity index (χ0n) is 11.6. The zero-order valence-corrected chi connectivity index (χ0v) is 12.4. The van der Waals surface area contributed by atoms with Crippen molar-refractivity contribution in [3.8, 4) is 0 Å². The van der Waals surface area contributed by atoms with E-state index < -0.39 is 5.97 Å². The van der Waals surface area contributed by atoms with Gasteiger partial charge in [-0.25, -0.2) is 4.79 Å². The number of rotatable bonds is 6. The molecule has 1 fully saturated rings. The molecule has 2 rings (SSSR count). The summed E-state index contributed by atoms with van der Waals surface area (Å²) in [4.78, 5) is 21.9. The number of hydrogen-bond donors (Lipinski definition) is 3. The Labute approximate surface area is 128 Å². The molecule has 0 spiro atoms. The Morgan fingerprint density at radius 3 is 2.76 bits per heavy atom. The average molecular weight is 311 g/mol. The number of aliphatic carboxylic acids is 1. The van der Waals surface area contributed by atoms with Gasteiger partial charge in [-0.05, 0) is 42.9 Å². The second-order valence-corrected chi connectivity index (χ2v) is 5.75. The number of benzene rings is 1. The first kappa shape index (κ1) is 15.6. The summed E-state index contributed by atoms with van der Waals surface area (Å²) in [6, 6.07) is 7.76. The molecule has 0 unspecified atom stereocenters. The third-order valence-electron chi connectivity index (χ3n) is 3.65. The van der Waals surface area contributed by atoms with Gasteiger partial charge in [-0.2, -0.15) is 0 Å². The van der Waals surface area contributed by atoms with Gasteiger partial charge >= 0.3 is 12.0 Å². The quantitative estimate of drug-likeness (QED) is 0.707. The fourth-order valence-corrected chi connectivity index (χ4v) is 2.65. The van der Waals surface area contributed by atoms with Crippen LogP contribution in [0.4, 0.5) is 4.79 Å². The molecule has 1 aliphatic carbocycles. The molecule has 0 aromatic heterocycles. The van der Waals surface area contributed by atoms with Crippen molar-refractivity contribution in [3.05, 3.63) is 34.9 Å². The molecular formula is C15H19ClN2O3. The van der Waals surface area contributed by atoms with Crippen molar-refractivity contribution in [2.75, 3.05) is 6.54 Å². The molecule has 0 bridgehead atoms. The summed E-state index contributed by atoms with van der Waals surface area (Å²) in [7, 11) is 0. The lowest BCUT2D eigenvalue weighted by Gasteiger charge is -2.36. The van der Waals surface area contributed by atoms with Crippen molar-refractivity contribution in [1.29, 1.82) is 0 Å². The van der Waals surface area contributed by atoms with Gasteiger partial charge in [0.05, 0.1) is 0 Å². The first-order valence-electron chi connectivity index (χ1n) is 7.06. The van der Waals surface area contributed by atoms with Gasteiger partial charge < -0.3 is 15.7 Å². The number of hydrogen-bond acceptors (Lipinski definition) is 2. The van der Waals surface area contributed by atoms with Gasteiger partial charge in [0.2, 0.25) is 0 Å². The van der Waals surface area contributed by atoms with E-state index in [4.69, 9.17) is 16.7 Å². The summed E-state index contributed by atoms with van der Waals surface area (Å²) < 4.78 is 0. The summed E-state index contributed by atoms with van der Waals surface area (Å²) in [5.41, 5.74) is 1.21. The van der Waals surface area contributed by atoms with Crippen LogP contribution >= 0.6 is 11.6 Å². The summed E-state index contributed by atoms with van der Waals surface area (Å²) in [6.45, 7) is 0.378. The predicted octanol–water partition coefficient (Wildman–Crippen LogP) is 2.75. The minimum Gasteiger partial charge on any atom is -0.481 e. The van der Waals surface area contributed by atoms with Gasteiger partial charge in [0.15, 0.2) is 0 Å². The van der Waals surface area contributed by atoms with E-state index in [0.717, 1.165) is 17.9 Å². The molecular weight excluding hydrogens is 292 g/mol. The molecule has 114 valence electrons. The second-order valence-electron chi connectivity index (χ2n) is 5.32. The Balaban J connectivity index is 1.64. The van der Waals surface area contributed by atoms with E-state index in [-0.39, 0.29) is 18.5 Å². The highest BCUT2D eigenvalue weighted by molar-refractivity contribution is 6.30. The van der Waals surface area contributed by atoms with E-state index in [2.05, 4.69) is 16.7 Å². The maximum absolute atomic E-state index is 11.6. The minimum absolute atomic E-state index is 0.0700. The maximum atomic E-state index is 11.6. The highest BCUT2D eigenvalue weighted by Gasteiger charge is 2.31. The van der Waals surface area contributed by atoms with E-state index in [1.54, 1.807) is 0 Å². The van der Waals surface area contributed by atoms with Crippen LogP contribution in [-0.4, -0.2) is 29.7 Å². The molecule has 2 amide bonds. The number of halogens is 1. The van der Waals surface area contributed by atoms with Crippen molar-refractivity contribution in [1.82, 2.24) is 10.6 Å². The molecule has 0 heterocycles. The highest BCUT2D eigenvalue weighted by atomic mass is 35.5. The van der Waals surface area contributed by atoms with Gasteiger partial charge in [0.25, 0.3) is 0 Å². The van der Waals surface area contributed by atoms with Gasteiger partial charge in [-0.3, -0.25) is 4.79 Å². The third kappa shape index (κ3) is 4.93. The topological polar surface area (TPSA) is 78.4 Å². The molecule has 0 radical (unpaired) electrons. The smallest absolute Gasteiger partial charge is 0.315 e. The normalized spacial score (nSPS) is 20.4. The van der Waals surface area contributed by atoms with Crippen molar-refractivity contribution in [2.24, 2.45) is 0 Å². The lowest BCUT2D eigenvalue weighted by molar-refractivity contribution is -0.137. The number of nitrogens with one attached hydrogen (secondary N) is 2. The van der Waals surface area contributed by atoms with Crippen molar-refractivity contribution in [3.63, 3.8) is 0 Å². The van der Waals surface area contributed by atoms with Crippen LogP contribution in [0.15, 0.2) is 24.3 Å². The van der Waals surface area contributed by atoms with Gasteiger partial charge in [-0.1, -0.05) is 23.7 Å². The standard InChI is InChI=1S/C15H19ClN2O3/c16-12-4-1-3-10(7-12)11-8-13(9-11)18-15(21)17-6-2-5-14(19)20/h1,3-4,7,11,13H,2,5-6,8-9H2,(H,19,20)(H2,17,18,21). The van der Waals surface area contributed by atoms with Gasteiger partial charge in [0, 0.05) is 24.0 Å². The first-order valence-corrected chi connectivity index (χ1v) is 7.44. The molecule has 3 N–H and O–H groups in total. The lowest BCUT2D eigenvalue weighted by Crippen LogP contribution is -2.47. The van der Waals surface area contributed by atoms with Crippen LogP contribution in [-0.2, 0) is 4.79 Å². The summed E-state index contributed by atoms with van der Waals surface area (Å²) in [6.07, 6.45) is 2.32. The van der Waals surface area contributed by atoms with Crippen LogP contribution in [0.1, 0.15) is 37.2 Å². The van der Waals surface area contributed by atoms with E-state index in [1.807, 2.05) is 18.2 Å². The molecule has 0 saturated heterocycles. The monoisotopic (exact) mass is 310 g/mol. The van der Waals surface area contributed by atoms with Crippen molar-refractivity contribution >= 4 is 23.6 Å². The van der Waals surface area contributed by atoms with E-state index in [9.17, 15) is 9.59 Å². The molecule has 1 aliphatic rings. The summed E-state index contributed by atoms with van der Waals surface area (Å²) in [5.74, 6) is -0.401. The Morgan fingerprint density at radius 2 is 2.10 bits per heavy atom. The molecule has 0 atom stereocenters. The van der Waals surface area contributed by atoms with Gasteiger partial charge in [-0.15, -0.1) is 0 Å². The van der Waals surface area contributed by atoms with Crippen LogP contribution in [0.25, 0.3) is 0 Å². The Kier molecular flexibility index (Phi) is 5.44.